The number of aliphatic hydroxyl groups excluding tert-OH is 2. The Morgan fingerprint density at radius 3 is 2.13 bits per heavy atom. The van der Waals surface area contributed by atoms with Crippen LogP contribution < -0.4 is 0 Å². The Labute approximate surface area is 93.7 Å². The highest BCUT2D eigenvalue weighted by atomic mass is 16.3. The summed E-state index contributed by atoms with van der Waals surface area (Å²) < 4.78 is 0. The SMILES string of the molecule is CC(C)[C@@H]1CC[C@@H](C)C[C@H]1C(CO)CO. The van der Waals surface area contributed by atoms with Gasteiger partial charge in [-0.3, -0.25) is 0 Å². The molecule has 0 bridgehead atoms. The summed E-state index contributed by atoms with van der Waals surface area (Å²) in [6.45, 7) is 7.09. The molecule has 0 aromatic rings. The topological polar surface area (TPSA) is 40.5 Å². The molecule has 0 amide bonds. The number of aliphatic hydroxyl groups is 2. The van der Waals surface area contributed by atoms with Crippen LogP contribution in [0.4, 0.5) is 0 Å². The van der Waals surface area contributed by atoms with Crippen LogP contribution in [0, 0.1) is 29.6 Å². The van der Waals surface area contributed by atoms with Crippen LogP contribution in [0.5, 0.6) is 0 Å². The van der Waals surface area contributed by atoms with Crippen LogP contribution in [0.3, 0.4) is 0 Å². The summed E-state index contributed by atoms with van der Waals surface area (Å²) in [5.41, 5.74) is 0. The van der Waals surface area contributed by atoms with Gasteiger partial charge in [0.2, 0.25) is 0 Å². The van der Waals surface area contributed by atoms with Crippen molar-refractivity contribution >= 4 is 0 Å². The molecule has 0 aromatic heterocycles. The number of rotatable bonds is 4. The lowest BCUT2D eigenvalue weighted by Crippen LogP contribution is -2.36. The third kappa shape index (κ3) is 3.18. The fourth-order valence-corrected chi connectivity index (χ4v) is 3.15. The van der Waals surface area contributed by atoms with Crippen molar-refractivity contribution in [2.75, 3.05) is 13.2 Å². The van der Waals surface area contributed by atoms with E-state index in [2.05, 4.69) is 20.8 Å². The molecular formula is C13H26O2. The number of hydrogen-bond donors (Lipinski definition) is 2. The van der Waals surface area contributed by atoms with E-state index in [-0.39, 0.29) is 19.1 Å². The Kier molecular flexibility index (Phi) is 5.07. The van der Waals surface area contributed by atoms with E-state index in [0.717, 1.165) is 5.92 Å². The van der Waals surface area contributed by atoms with Crippen molar-refractivity contribution in [3.05, 3.63) is 0 Å². The van der Waals surface area contributed by atoms with Gasteiger partial charge in [0.1, 0.15) is 0 Å². The van der Waals surface area contributed by atoms with Crippen molar-refractivity contribution in [3.8, 4) is 0 Å². The second-order valence-corrected chi connectivity index (χ2v) is 5.62. The summed E-state index contributed by atoms with van der Waals surface area (Å²) in [7, 11) is 0. The monoisotopic (exact) mass is 214 g/mol. The van der Waals surface area contributed by atoms with Crippen molar-refractivity contribution in [1.82, 2.24) is 0 Å². The van der Waals surface area contributed by atoms with Gasteiger partial charge in [-0.25, -0.2) is 0 Å². The molecule has 1 fully saturated rings. The molecular weight excluding hydrogens is 188 g/mol. The predicted octanol–water partition coefficient (Wildman–Crippen LogP) is 2.30. The van der Waals surface area contributed by atoms with Crippen molar-refractivity contribution in [1.29, 1.82) is 0 Å². The zero-order chi connectivity index (χ0) is 11.4. The average Bonchev–Trinajstić information content (AvgIpc) is 2.19. The van der Waals surface area contributed by atoms with Gasteiger partial charge < -0.3 is 10.2 Å². The first-order chi connectivity index (χ1) is 7.10. The van der Waals surface area contributed by atoms with Crippen LogP contribution in [0.1, 0.15) is 40.0 Å². The molecule has 0 spiro atoms. The van der Waals surface area contributed by atoms with Crippen LogP contribution in [-0.4, -0.2) is 23.4 Å². The van der Waals surface area contributed by atoms with E-state index in [1.807, 2.05) is 0 Å². The van der Waals surface area contributed by atoms with E-state index in [9.17, 15) is 10.2 Å². The van der Waals surface area contributed by atoms with Gasteiger partial charge in [0.05, 0.1) is 0 Å². The molecule has 15 heavy (non-hydrogen) atoms. The molecule has 0 unspecified atom stereocenters. The van der Waals surface area contributed by atoms with E-state index in [1.165, 1.54) is 19.3 Å². The van der Waals surface area contributed by atoms with E-state index >= 15 is 0 Å². The molecule has 3 atom stereocenters. The third-order valence-corrected chi connectivity index (χ3v) is 4.15. The van der Waals surface area contributed by atoms with Gasteiger partial charge in [0, 0.05) is 19.1 Å². The normalized spacial score (nSPS) is 32.6. The van der Waals surface area contributed by atoms with Crippen molar-refractivity contribution in [3.63, 3.8) is 0 Å². The minimum atomic E-state index is 0.0974. The Morgan fingerprint density at radius 1 is 1.07 bits per heavy atom. The molecule has 1 rings (SSSR count). The van der Waals surface area contributed by atoms with Crippen molar-refractivity contribution in [2.45, 2.75) is 40.0 Å². The molecule has 0 aromatic carbocycles. The van der Waals surface area contributed by atoms with Crippen molar-refractivity contribution in [2.24, 2.45) is 29.6 Å². The second-order valence-electron chi connectivity index (χ2n) is 5.62. The Balaban J connectivity index is 2.68. The molecule has 0 radical (unpaired) electrons. The highest BCUT2D eigenvalue weighted by Gasteiger charge is 2.35. The Morgan fingerprint density at radius 2 is 1.67 bits per heavy atom. The summed E-state index contributed by atoms with van der Waals surface area (Å²) in [6.07, 6.45) is 3.75. The molecule has 0 heterocycles. The first-order valence-corrected chi connectivity index (χ1v) is 6.31. The molecule has 0 saturated heterocycles. The van der Waals surface area contributed by atoms with Crippen LogP contribution in [0.25, 0.3) is 0 Å². The summed E-state index contributed by atoms with van der Waals surface area (Å²) in [5, 5.41) is 18.6. The van der Waals surface area contributed by atoms with Gasteiger partial charge in [-0.05, 0) is 36.5 Å². The van der Waals surface area contributed by atoms with Crippen LogP contribution in [0.15, 0.2) is 0 Å². The molecule has 1 saturated carbocycles. The van der Waals surface area contributed by atoms with Crippen LogP contribution >= 0.6 is 0 Å². The zero-order valence-corrected chi connectivity index (χ0v) is 10.3. The van der Waals surface area contributed by atoms with Crippen LogP contribution in [0.2, 0.25) is 0 Å². The zero-order valence-electron chi connectivity index (χ0n) is 10.3. The van der Waals surface area contributed by atoms with E-state index in [1.54, 1.807) is 0 Å². The largest absolute Gasteiger partial charge is 0.396 e. The Hall–Kier alpha value is -0.0800. The quantitative estimate of drug-likeness (QED) is 0.754. The molecule has 90 valence electrons. The highest BCUT2D eigenvalue weighted by Crippen LogP contribution is 2.41. The molecule has 1 aliphatic rings. The number of hydrogen-bond acceptors (Lipinski definition) is 2. The maximum Gasteiger partial charge on any atom is 0.0483 e. The first kappa shape index (κ1) is 13.0. The van der Waals surface area contributed by atoms with Gasteiger partial charge >= 0.3 is 0 Å². The van der Waals surface area contributed by atoms with Gasteiger partial charge in [0.15, 0.2) is 0 Å². The maximum atomic E-state index is 9.30. The molecule has 0 aliphatic heterocycles. The van der Waals surface area contributed by atoms with E-state index in [4.69, 9.17) is 0 Å². The molecule has 2 N–H and O–H groups in total. The third-order valence-electron chi connectivity index (χ3n) is 4.15. The Bertz CT molecular complexity index is 175. The maximum absolute atomic E-state index is 9.30. The summed E-state index contributed by atoms with van der Waals surface area (Å²) >= 11 is 0. The minimum Gasteiger partial charge on any atom is -0.396 e. The van der Waals surface area contributed by atoms with Crippen LogP contribution in [-0.2, 0) is 0 Å². The van der Waals surface area contributed by atoms with Gasteiger partial charge in [-0.15, -0.1) is 0 Å². The molecule has 1 aliphatic carbocycles. The smallest absolute Gasteiger partial charge is 0.0483 e. The fourth-order valence-electron chi connectivity index (χ4n) is 3.15. The molecule has 2 heteroatoms. The van der Waals surface area contributed by atoms with Gasteiger partial charge in [-0.1, -0.05) is 27.2 Å². The average molecular weight is 214 g/mol. The van der Waals surface area contributed by atoms with Gasteiger partial charge in [0.25, 0.3) is 0 Å². The second kappa shape index (κ2) is 5.86. The lowest BCUT2D eigenvalue weighted by Gasteiger charge is -2.40. The highest BCUT2D eigenvalue weighted by molar-refractivity contribution is 4.84. The predicted molar refractivity (Wildman–Crippen MR) is 62.5 cm³/mol. The van der Waals surface area contributed by atoms with E-state index in [0.29, 0.717) is 17.8 Å². The van der Waals surface area contributed by atoms with Crippen molar-refractivity contribution < 1.29 is 10.2 Å². The summed E-state index contributed by atoms with van der Waals surface area (Å²) in [4.78, 5) is 0. The fraction of sp³-hybridized carbons (Fsp3) is 1.00. The lowest BCUT2D eigenvalue weighted by atomic mass is 9.66. The first-order valence-electron chi connectivity index (χ1n) is 6.31. The van der Waals surface area contributed by atoms with E-state index < -0.39 is 0 Å². The summed E-state index contributed by atoms with van der Waals surface area (Å²) in [5.74, 6) is 2.73. The lowest BCUT2D eigenvalue weighted by molar-refractivity contribution is 0.0273. The molecule has 2 nitrogen and oxygen atoms in total. The summed E-state index contributed by atoms with van der Waals surface area (Å²) in [6, 6.07) is 0. The van der Waals surface area contributed by atoms with Gasteiger partial charge in [-0.2, -0.15) is 0 Å². The minimum absolute atomic E-state index is 0.0974. The standard InChI is InChI=1S/C13H26O2/c1-9(2)12-5-4-10(3)6-13(12)11(7-14)8-15/h9-15H,4-8H2,1-3H3/t10-,12+,13+/m1/s1.